The second-order valence-corrected chi connectivity index (χ2v) is 6.47. The van der Waals surface area contributed by atoms with Crippen molar-refractivity contribution in [2.45, 2.75) is 12.8 Å². The van der Waals surface area contributed by atoms with E-state index in [9.17, 15) is 9.59 Å². The summed E-state index contributed by atoms with van der Waals surface area (Å²) in [7, 11) is 3.41. The Morgan fingerprint density at radius 1 is 1.40 bits per heavy atom. The van der Waals surface area contributed by atoms with Gasteiger partial charge >= 0.3 is 5.97 Å². The molecule has 1 aromatic heterocycles. The summed E-state index contributed by atoms with van der Waals surface area (Å²) in [6.45, 7) is 3.18. The number of fused-ring (bicyclic) bond motifs is 3. The normalized spacial score (nSPS) is 17.0. The molecule has 7 heteroatoms. The summed E-state index contributed by atoms with van der Waals surface area (Å²) in [6.07, 6.45) is 0. The summed E-state index contributed by atoms with van der Waals surface area (Å²) in [5.74, 6) is -0.972. The van der Waals surface area contributed by atoms with Crippen molar-refractivity contribution in [3.8, 4) is 0 Å². The van der Waals surface area contributed by atoms with Gasteiger partial charge in [-0.1, -0.05) is 11.6 Å². The van der Waals surface area contributed by atoms with Crippen LogP contribution in [-0.4, -0.2) is 54.8 Å². The summed E-state index contributed by atoms with van der Waals surface area (Å²) < 4.78 is 12.2. The molecule has 0 radical (unpaired) electrons. The highest BCUT2D eigenvalue weighted by Crippen LogP contribution is 2.38. The number of esters is 1. The lowest BCUT2D eigenvalue weighted by atomic mass is 9.91. The molecule has 134 valence electrons. The molecule has 0 spiro atoms. The molecule has 2 aromatic rings. The van der Waals surface area contributed by atoms with E-state index in [1.165, 1.54) is 0 Å². The number of ether oxygens (including phenoxy) is 2. The van der Waals surface area contributed by atoms with Gasteiger partial charge in [0.05, 0.1) is 13.2 Å². The Hall–Kier alpha value is -2.05. The standard InChI is InChI=1S/C18H21ClN2O4/c1-4-25-18(23)13-10-21(7-8-24-3)17(22)16-15(13)12-9-11(19)5-6-14(12)20(16)2/h5-6,9,13H,4,7-8,10H2,1-3H3. The number of halogens is 1. The van der Waals surface area contributed by atoms with E-state index in [0.29, 0.717) is 36.0 Å². The third-order valence-corrected chi connectivity index (χ3v) is 4.81. The van der Waals surface area contributed by atoms with Crippen LogP contribution in [0.2, 0.25) is 5.02 Å². The van der Waals surface area contributed by atoms with Gasteiger partial charge in [0.15, 0.2) is 0 Å². The first-order chi connectivity index (χ1) is 12.0. The lowest BCUT2D eigenvalue weighted by Crippen LogP contribution is -2.44. The maximum absolute atomic E-state index is 13.0. The van der Waals surface area contributed by atoms with Crippen LogP contribution in [0.1, 0.15) is 28.9 Å². The number of hydrogen-bond acceptors (Lipinski definition) is 4. The van der Waals surface area contributed by atoms with E-state index >= 15 is 0 Å². The van der Waals surface area contributed by atoms with E-state index in [0.717, 1.165) is 10.9 Å². The first-order valence-corrected chi connectivity index (χ1v) is 8.60. The smallest absolute Gasteiger partial charge is 0.315 e. The molecule has 2 heterocycles. The van der Waals surface area contributed by atoms with Crippen molar-refractivity contribution in [1.29, 1.82) is 0 Å². The maximum atomic E-state index is 13.0. The molecule has 0 saturated carbocycles. The molecule has 6 nitrogen and oxygen atoms in total. The van der Waals surface area contributed by atoms with Crippen LogP contribution < -0.4 is 0 Å². The molecule has 0 bridgehead atoms. The Labute approximate surface area is 151 Å². The van der Waals surface area contributed by atoms with Gasteiger partial charge in [0.2, 0.25) is 0 Å². The first-order valence-electron chi connectivity index (χ1n) is 8.22. The largest absolute Gasteiger partial charge is 0.465 e. The average molecular weight is 365 g/mol. The van der Waals surface area contributed by atoms with E-state index in [1.807, 2.05) is 17.7 Å². The van der Waals surface area contributed by atoms with E-state index in [2.05, 4.69) is 0 Å². The summed E-state index contributed by atoms with van der Waals surface area (Å²) >= 11 is 6.16. The topological polar surface area (TPSA) is 60.8 Å². The lowest BCUT2D eigenvalue weighted by Gasteiger charge is -2.32. The molecule has 25 heavy (non-hydrogen) atoms. The van der Waals surface area contributed by atoms with Crippen LogP contribution in [0, 0.1) is 0 Å². The highest BCUT2D eigenvalue weighted by molar-refractivity contribution is 6.31. The SMILES string of the molecule is CCOC(=O)C1CN(CCOC)C(=O)c2c1c1cc(Cl)ccc1n2C. The van der Waals surface area contributed by atoms with Gasteiger partial charge in [0.25, 0.3) is 5.91 Å². The minimum atomic E-state index is -0.535. The lowest BCUT2D eigenvalue weighted by molar-refractivity contribution is -0.145. The summed E-state index contributed by atoms with van der Waals surface area (Å²) in [5.41, 5.74) is 2.08. The fraction of sp³-hybridized carbons (Fsp3) is 0.444. The van der Waals surface area contributed by atoms with Crippen molar-refractivity contribution < 1.29 is 19.1 Å². The quantitative estimate of drug-likeness (QED) is 0.765. The van der Waals surface area contributed by atoms with Gasteiger partial charge < -0.3 is 18.9 Å². The Bertz CT molecular complexity index is 830. The van der Waals surface area contributed by atoms with Gasteiger partial charge in [-0.05, 0) is 25.1 Å². The Kier molecular flexibility index (Phi) is 5.01. The van der Waals surface area contributed by atoms with Crippen molar-refractivity contribution in [2.24, 2.45) is 7.05 Å². The Morgan fingerprint density at radius 3 is 2.84 bits per heavy atom. The molecule has 0 N–H and O–H groups in total. The Morgan fingerprint density at radius 2 is 2.16 bits per heavy atom. The number of rotatable bonds is 5. The zero-order valence-corrected chi connectivity index (χ0v) is 15.3. The van der Waals surface area contributed by atoms with Crippen molar-refractivity contribution in [2.75, 3.05) is 33.4 Å². The Balaban J connectivity index is 2.19. The number of aromatic nitrogens is 1. The first kappa shape index (κ1) is 17.8. The van der Waals surface area contributed by atoms with Crippen LogP contribution in [0.4, 0.5) is 0 Å². The molecule has 1 aromatic carbocycles. The molecule has 1 atom stereocenters. The third-order valence-electron chi connectivity index (χ3n) is 4.58. The minimum absolute atomic E-state index is 0.109. The maximum Gasteiger partial charge on any atom is 0.315 e. The average Bonchev–Trinajstić information content (AvgIpc) is 2.87. The van der Waals surface area contributed by atoms with Crippen molar-refractivity contribution in [3.63, 3.8) is 0 Å². The number of benzene rings is 1. The molecule has 1 aliphatic rings. The number of aryl methyl sites for hydroxylation is 1. The number of nitrogens with zero attached hydrogens (tertiary/aromatic N) is 2. The monoisotopic (exact) mass is 364 g/mol. The van der Waals surface area contributed by atoms with Crippen LogP contribution in [0.5, 0.6) is 0 Å². The molecule has 0 fully saturated rings. The number of hydrogen-bond donors (Lipinski definition) is 0. The van der Waals surface area contributed by atoms with Gasteiger partial charge in [-0.25, -0.2) is 0 Å². The molecule has 0 saturated heterocycles. The van der Waals surface area contributed by atoms with E-state index in [4.69, 9.17) is 21.1 Å². The molecule has 1 unspecified atom stereocenters. The van der Waals surface area contributed by atoms with Gasteiger partial charge in [-0.15, -0.1) is 0 Å². The number of methoxy groups -OCH3 is 1. The van der Waals surface area contributed by atoms with E-state index < -0.39 is 5.92 Å². The number of carbonyl (C=O) groups is 2. The van der Waals surface area contributed by atoms with E-state index in [-0.39, 0.29) is 18.4 Å². The highest BCUT2D eigenvalue weighted by Gasteiger charge is 2.40. The van der Waals surface area contributed by atoms with Crippen LogP contribution in [0.3, 0.4) is 0 Å². The zero-order valence-electron chi connectivity index (χ0n) is 14.5. The van der Waals surface area contributed by atoms with E-state index in [1.54, 1.807) is 31.1 Å². The van der Waals surface area contributed by atoms with Gasteiger partial charge in [-0.3, -0.25) is 9.59 Å². The van der Waals surface area contributed by atoms with Crippen molar-refractivity contribution >= 4 is 34.4 Å². The van der Waals surface area contributed by atoms with Crippen LogP contribution in [0.25, 0.3) is 10.9 Å². The van der Waals surface area contributed by atoms with Crippen molar-refractivity contribution in [3.05, 3.63) is 34.5 Å². The molecule has 1 aliphatic heterocycles. The fourth-order valence-electron chi connectivity index (χ4n) is 3.43. The van der Waals surface area contributed by atoms with Gasteiger partial charge in [-0.2, -0.15) is 0 Å². The van der Waals surface area contributed by atoms with Crippen molar-refractivity contribution in [1.82, 2.24) is 9.47 Å². The number of carbonyl (C=O) groups excluding carboxylic acids is 2. The fourth-order valence-corrected chi connectivity index (χ4v) is 3.60. The summed E-state index contributed by atoms with van der Waals surface area (Å²) in [6, 6.07) is 5.45. The molecule has 1 amide bonds. The highest BCUT2D eigenvalue weighted by atomic mass is 35.5. The predicted molar refractivity (Wildman–Crippen MR) is 95.1 cm³/mol. The number of amides is 1. The van der Waals surface area contributed by atoms with Crippen LogP contribution in [-0.2, 0) is 21.3 Å². The second-order valence-electron chi connectivity index (χ2n) is 6.03. The van der Waals surface area contributed by atoms with Gasteiger partial charge in [0.1, 0.15) is 11.6 Å². The van der Waals surface area contributed by atoms with Gasteiger partial charge in [0, 0.05) is 48.7 Å². The third kappa shape index (κ3) is 3.00. The predicted octanol–water partition coefficient (Wildman–Crippen LogP) is 2.58. The van der Waals surface area contributed by atoms with Crippen LogP contribution >= 0.6 is 11.6 Å². The minimum Gasteiger partial charge on any atom is -0.465 e. The zero-order chi connectivity index (χ0) is 18.1. The summed E-state index contributed by atoms with van der Waals surface area (Å²) in [5, 5.41) is 1.39. The molecular formula is C18H21ClN2O4. The van der Waals surface area contributed by atoms with Crippen LogP contribution in [0.15, 0.2) is 18.2 Å². The second kappa shape index (κ2) is 7.06. The molecule has 0 aliphatic carbocycles. The molecule has 3 rings (SSSR count). The molecular weight excluding hydrogens is 344 g/mol. The summed E-state index contributed by atoms with van der Waals surface area (Å²) in [4.78, 5) is 27.2.